The van der Waals surface area contributed by atoms with Crippen LogP contribution in [0.15, 0.2) is 16.9 Å². The first-order chi connectivity index (χ1) is 10.8. The third-order valence-electron chi connectivity index (χ3n) is 3.90. The van der Waals surface area contributed by atoms with Crippen LogP contribution in [0.3, 0.4) is 0 Å². The number of aryl methyl sites for hydroxylation is 4. The standard InChI is InChI=1S/C17H24N4O2/c1-10-6-11(2)19-17(23)15(10)9-18-16(22)8-14(5)21-13(4)7-12(3)20-21/h6-7,14H,8-9H2,1-5H3,(H,18,22)(H,19,23)/t14-/m0/s1. The second-order valence-electron chi connectivity index (χ2n) is 6.14. The molecule has 2 heterocycles. The zero-order valence-electron chi connectivity index (χ0n) is 14.4. The highest BCUT2D eigenvalue weighted by atomic mass is 16.1. The van der Waals surface area contributed by atoms with Gasteiger partial charge in [-0.3, -0.25) is 14.3 Å². The van der Waals surface area contributed by atoms with Crippen LogP contribution in [0.1, 0.15) is 47.6 Å². The van der Waals surface area contributed by atoms with Gasteiger partial charge >= 0.3 is 0 Å². The van der Waals surface area contributed by atoms with E-state index < -0.39 is 0 Å². The molecule has 2 N–H and O–H groups in total. The molecule has 0 saturated heterocycles. The van der Waals surface area contributed by atoms with E-state index in [1.165, 1.54) is 0 Å². The Bertz CT molecular complexity index is 773. The van der Waals surface area contributed by atoms with Crippen LogP contribution in [0.4, 0.5) is 0 Å². The topological polar surface area (TPSA) is 79.8 Å². The van der Waals surface area contributed by atoms with E-state index in [2.05, 4.69) is 15.4 Å². The average Bonchev–Trinajstić information content (AvgIpc) is 2.76. The molecule has 2 rings (SSSR count). The number of hydrogen-bond donors (Lipinski definition) is 2. The summed E-state index contributed by atoms with van der Waals surface area (Å²) in [6, 6.07) is 3.87. The van der Waals surface area contributed by atoms with Gasteiger partial charge in [0.15, 0.2) is 0 Å². The molecular weight excluding hydrogens is 292 g/mol. The van der Waals surface area contributed by atoms with E-state index in [9.17, 15) is 9.59 Å². The van der Waals surface area contributed by atoms with Crippen molar-refractivity contribution in [1.29, 1.82) is 0 Å². The number of aromatic nitrogens is 3. The van der Waals surface area contributed by atoms with Crippen LogP contribution in [-0.4, -0.2) is 20.7 Å². The Morgan fingerprint density at radius 1 is 1.30 bits per heavy atom. The lowest BCUT2D eigenvalue weighted by Gasteiger charge is -2.14. The summed E-state index contributed by atoms with van der Waals surface area (Å²) >= 11 is 0. The Kier molecular flexibility index (Phi) is 5.03. The molecule has 23 heavy (non-hydrogen) atoms. The first-order valence-electron chi connectivity index (χ1n) is 7.76. The fourth-order valence-electron chi connectivity index (χ4n) is 2.81. The second kappa shape index (κ2) is 6.81. The van der Waals surface area contributed by atoms with Crippen LogP contribution >= 0.6 is 0 Å². The molecular formula is C17H24N4O2. The summed E-state index contributed by atoms with van der Waals surface area (Å²) in [5.74, 6) is -0.0931. The summed E-state index contributed by atoms with van der Waals surface area (Å²) in [5.41, 5.74) is 4.14. The van der Waals surface area contributed by atoms with Crippen LogP contribution in [0.25, 0.3) is 0 Å². The predicted molar refractivity (Wildman–Crippen MR) is 89.4 cm³/mol. The summed E-state index contributed by atoms with van der Waals surface area (Å²) in [5, 5.41) is 7.23. The van der Waals surface area contributed by atoms with Crippen molar-refractivity contribution in [1.82, 2.24) is 20.1 Å². The summed E-state index contributed by atoms with van der Waals surface area (Å²) in [6.07, 6.45) is 0.324. The molecule has 0 aliphatic carbocycles. The van der Waals surface area contributed by atoms with Gasteiger partial charge in [-0.05, 0) is 52.3 Å². The lowest BCUT2D eigenvalue weighted by atomic mass is 10.1. The molecule has 0 aliphatic rings. The van der Waals surface area contributed by atoms with Gasteiger partial charge in [-0.25, -0.2) is 0 Å². The second-order valence-corrected chi connectivity index (χ2v) is 6.14. The molecule has 0 saturated carbocycles. The van der Waals surface area contributed by atoms with E-state index in [0.29, 0.717) is 12.0 Å². The Hall–Kier alpha value is -2.37. The fourth-order valence-corrected chi connectivity index (χ4v) is 2.81. The lowest BCUT2D eigenvalue weighted by molar-refractivity contribution is -0.122. The fraction of sp³-hybridized carbons (Fsp3) is 0.471. The molecule has 6 heteroatoms. The van der Waals surface area contributed by atoms with Gasteiger partial charge in [-0.2, -0.15) is 5.10 Å². The van der Waals surface area contributed by atoms with Gasteiger partial charge in [0.25, 0.3) is 5.56 Å². The molecule has 1 amide bonds. The molecule has 2 aromatic rings. The Labute approximate surface area is 135 Å². The van der Waals surface area contributed by atoms with E-state index in [0.717, 1.165) is 22.6 Å². The molecule has 2 aromatic heterocycles. The maximum atomic E-state index is 12.1. The third-order valence-corrected chi connectivity index (χ3v) is 3.90. The first kappa shape index (κ1) is 17.0. The lowest BCUT2D eigenvalue weighted by Crippen LogP contribution is -2.29. The van der Waals surface area contributed by atoms with E-state index in [1.807, 2.05) is 51.4 Å². The number of nitrogens with one attached hydrogen (secondary N) is 2. The maximum absolute atomic E-state index is 12.1. The molecule has 0 aromatic carbocycles. The number of carbonyl (C=O) groups is 1. The Balaban J connectivity index is 1.98. The maximum Gasteiger partial charge on any atom is 0.253 e. The number of pyridine rings is 1. The van der Waals surface area contributed by atoms with Gasteiger partial charge in [0.2, 0.25) is 5.91 Å². The van der Waals surface area contributed by atoms with Gasteiger partial charge in [-0.15, -0.1) is 0 Å². The van der Waals surface area contributed by atoms with Crippen LogP contribution in [-0.2, 0) is 11.3 Å². The van der Waals surface area contributed by atoms with Crippen molar-refractivity contribution in [3.63, 3.8) is 0 Å². The van der Waals surface area contributed by atoms with Crippen LogP contribution < -0.4 is 10.9 Å². The van der Waals surface area contributed by atoms with Crippen LogP contribution in [0.2, 0.25) is 0 Å². The number of carbonyl (C=O) groups excluding carboxylic acids is 1. The quantitative estimate of drug-likeness (QED) is 0.886. The predicted octanol–water partition coefficient (Wildman–Crippen LogP) is 2.07. The van der Waals surface area contributed by atoms with E-state index >= 15 is 0 Å². The largest absolute Gasteiger partial charge is 0.352 e. The monoisotopic (exact) mass is 316 g/mol. The molecule has 0 radical (unpaired) electrons. The number of amides is 1. The van der Waals surface area contributed by atoms with Crippen molar-refractivity contribution in [3.8, 4) is 0 Å². The smallest absolute Gasteiger partial charge is 0.253 e. The van der Waals surface area contributed by atoms with Gasteiger partial charge in [-0.1, -0.05) is 0 Å². The minimum absolute atomic E-state index is 0.0268. The van der Waals surface area contributed by atoms with Crippen molar-refractivity contribution in [2.45, 2.75) is 53.6 Å². The van der Waals surface area contributed by atoms with Gasteiger partial charge in [0, 0.05) is 29.9 Å². The minimum atomic E-state index is -0.144. The Morgan fingerprint density at radius 2 is 2.00 bits per heavy atom. The van der Waals surface area contributed by atoms with Crippen molar-refractivity contribution in [2.75, 3.05) is 0 Å². The number of rotatable bonds is 5. The summed E-state index contributed by atoms with van der Waals surface area (Å²) < 4.78 is 1.86. The number of H-pyrrole nitrogens is 1. The van der Waals surface area contributed by atoms with Gasteiger partial charge in [0.05, 0.1) is 11.7 Å². The molecule has 0 fully saturated rings. The van der Waals surface area contributed by atoms with Gasteiger partial charge < -0.3 is 10.3 Å². The number of hydrogen-bond acceptors (Lipinski definition) is 3. The zero-order valence-corrected chi connectivity index (χ0v) is 14.4. The minimum Gasteiger partial charge on any atom is -0.352 e. The molecule has 0 unspecified atom stereocenters. The first-order valence-corrected chi connectivity index (χ1v) is 7.76. The highest BCUT2D eigenvalue weighted by Gasteiger charge is 2.14. The molecule has 0 aliphatic heterocycles. The number of aromatic amines is 1. The van der Waals surface area contributed by atoms with E-state index in [1.54, 1.807) is 0 Å². The molecule has 1 atom stereocenters. The van der Waals surface area contributed by atoms with Crippen molar-refractivity contribution in [2.24, 2.45) is 0 Å². The van der Waals surface area contributed by atoms with Crippen LogP contribution in [0, 0.1) is 27.7 Å². The zero-order chi connectivity index (χ0) is 17.1. The average molecular weight is 316 g/mol. The highest BCUT2D eigenvalue weighted by molar-refractivity contribution is 5.76. The molecule has 124 valence electrons. The van der Waals surface area contributed by atoms with Crippen molar-refractivity contribution >= 4 is 5.91 Å². The third kappa shape index (κ3) is 4.09. The van der Waals surface area contributed by atoms with Crippen molar-refractivity contribution in [3.05, 3.63) is 50.7 Å². The molecule has 0 spiro atoms. The van der Waals surface area contributed by atoms with E-state index in [4.69, 9.17) is 0 Å². The molecule has 0 bridgehead atoms. The SMILES string of the molecule is Cc1cc(C)n([C@@H](C)CC(=O)NCc2c(C)cc(C)[nH]c2=O)n1. The van der Waals surface area contributed by atoms with Crippen LogP contribution in [0.5, 0.6) is 0 Å². The van der Waals surface area contributed by atoms with Crippen molar-refractivity contribution < 1.29 is 4.79 Å². The summed E-state index contributed by atoms with van der Waals surface area (Å²) in [4.78, 5) is 26.8. The summed E-state index contributed by atoms with van der Waals surface area (Å²) in [6.45, 7) is 9.83. The normalized spacial score (nSPS) is 12.2. The number of nitrogens with zero attached hydrogens (tertiary/aromatic N) is 2. The molecule has 6 nitrogen and oxygen atoms in total. The summed E-state index contributed by atoms with van der Waals surface area (Å²) in [7, 11) is 0. The van der Waals surface area contributed by atoms with E-state index in [-0.39, 0.29) is 24.1 Å². The highest BCUT2D eigenvalue weighted by Crippen LogP contribution is 2.14. The Morgan fingerprint density at radius 3 is 2.57 bits per heavy atom. The van der Waals surface area contributed by atoms with Gasteiger partial charge in [0.1, 0.15) is 0 Å².